The van der Waals surface area contributed by atoms with Crippen LogP contribution in [0.2, 0.25) is 0 Å². The molecule has 0 aliphatic carbocycles. The summed E-state index contributed by atoms with van der Waals surface area (Å²) in [5, 5.41) is 9.06. The highest BCUT2D eigenvalue weighted by Crippen LogP contribution is 2.12. The van der Waals surface area contributed by atoms with E-state index in [1.54, 1.807) is 0 Å². The number of nitriles is 1. The maximum Gasteiger partial charge on any atom is 0.0994 e. The van der Waals surface area contributed by atoms with Crippen molar-refractivity contribution in [3.8, 4) is 6.07 Å². The van der Waals surface area contributed by atoms with Gasteiger partial charge >= 0.3 is 0 Å². The number of nitrogens with zero attached hydrogens (tertiary/aromatic N) is 2. The fourth-order valence-corrected chi connectivity index (χ4v) is 2.14. The van der Waals surface area contributed by atoms with Gasteiger partial charge in [-0.1, -0.05) is 17.7 Å². The van der Waals surface area contributed by atoms with Crippen LogP contribution in [0.4, 0.5) is 0 Å². The molecule has 0 spiro atoms. The number of morpholine rings is 1. The first kappa shape index (κ1) is 12.1. The van der Waals surface area contributed by atoms with Crippen LogP contribution in [0.25, 0.3) is 0 Å². The molecule has 0 unspecified atom stereocenters. The molecule has 1 aromatic carbocycles. The molecule has 0 saturated carbocycles. The lowest BCUT2D eigenvalue weighted by Crippen LogP contribution is -2.37. The van der Waals surface area contributed by atoms with E-state index in [1.165, 1.54) is 11.1 Å². The Bertz CT molecular complexity index is 417. The lowest BCUT2D eigenvalue weighted by Gasteiger charge is -2.26. The van der Waals surface area contributed by atoms with Gasteiger partial charge in [0.2, 0.25) is 0 Å². The van der Waals surface area contributed by atoms with E-state index >= 15 is 0 Å². The molecule has 90 valence electrons. The van der Waals surface area contributed by atoms with Gasteiger partial charge in [-0.15, -0.1) is 0 Å². The average molecular weight is 230 g/mol. The number of ether oxygens (including phenoxy) is 1. The van der Waals surface area contributed by atoms with Gasteiger partial charge in [-0.25, -0.2) is 0 Å². The van der Waals surface area contributed by atoms with Crippen molar-refractivity contribution in [2.24, 2.45) is 0 Å². The van der Waals surface area contributed by atoms with Crippen LogP contribution in [0.5, 0.6) is 0 Å². The Labute approximate surface area is 103 Å². The summed E-state index contributed by atoms with van der Waals surface area (Å²) in [6.45, 7) is 6.76. The summed E-state index contributed by atoms with van der Waals surface area (Å²) in [6.07, 6.45) is 0.949. The van der Waals surface area contributed by atoms with Crippen LogP contribution < -0.4 is 0 Å². The summed E-state index contributed by atoms with van der Waals surface area (Å²) >= 11 is 0. The van der Waals surface area contributed by atoms with Gasteiger partial charge < -0.3 is 4.74 Å². The summed E-state index contributed by atoms with van der Waals surface area (Å²) in [4.78, 5) is 2.40. The second-order valence-corrected chi connectivity index (χ2v) is 4.48. The van der Waals surface area contributed by atoms with Gasteiger partial charge in [0.25, 0.3) is 0 Å². The highest BCUT2D eigenvalue weighted by Gasteiger charge is 2.11. The van der Waals surface area contributed by atoms with Crippen LogP contribution in [0.1, 0.15) is 16.7 Å². The molecule has 17 heavy (non-hydrogen) atoms. The molecular formula is C14H18N2O. The predicted molar refractivity (Wildman–Crippen MR) is 66.9 cm³/mol. The lowest BCUT2D eigenvalue weighted by molar-refractivity contribution is 0.0384. The van der Waals surface area contributed by atoms with Crippen LogP contribution in [-0.4, -0.2) is 37.7 Å². The maximum absolute atomic E-state index is 9.06. The third kappa shape index (κ3) is 3.29. The Balaban J connectivity index is 1.98. The highest BCUT2D eigenvalue weighted by molar-refractivity contribution is 5.40. The molecule has 1 aliphatic rings. The van der Waals surface area contributed by atoms with E-state index < -0.39 is 0 Å². The van der Waals surface area contributed by atoms with Crippen molar-refractivity contribution < 1.29 is 4.74 Å². The predicted octanol–water partition coefficient (Wildman–Crippen LogP) is 1.74. The third-order valence-corrected chi connectivity index (χ3v) is 3.18. The standard InChI is InChI=1S/C14H18N2O/c1-12-2-3-14(11-15)13(10-12)4-5-16-6-8-17-9-7-16/h2-3,10H,4-9H2,1H3. The van der Waals surface area contributed by atoms with Crippen molar-refractivity contribution in [1.82, 2.24) is 4.90 Å². The number of aryl methyl sites for hydroxylation is 1. The van der Waals surface area contributed by atoms with Crippen LogP contribution in [0.3, 0.4) is 0 Å². The van der Waals surface area contributed by atoms with Gasteiger partial charge in [-0.2, -0.15) is 5.26 Å². The molecule has 0 bridgehead atoms. The minimum Gasteiger partial charge on any atom is -0.379 e. The molecule has 2 rings (SSSR count). The summed E-state index contributed by atoms with van der Waals surface area (Å²) in [5.74, 6) is 0. The van der Waals surface area contributed by atoms with Crippen LogP contribution in [-0.2, 0) is 11.2 Å². The minimum absolute atomic E-state index is 0.809. The fourth-order valence-electron chi connectivity index (χ4n) is 2.14. The molecule has 3 nitrogen and oxygen atoms in total. The van der Waals surface area contributed by atoms with Crippen LogP contribution >= 0.6 is 0 Å². The Kier molecular flexibility index (Phi) is 4.13. The molecule has 3 heteroatoms. The number of hydrogen-bond acceptors (Lipinski definition) is 3. The lowest BCUT2D eigenvalue weighted by atomic mass is 10.0. The van der Waals surface area contributed by atoms with Gasteiger partial charge in [0.05, 0.1) is 24.8 Å². The van der Waals surface area contributed by atoms with E-state index in [4.69, 9.17) is 10.00 Å². The van der Waals surface area contributed by atoms with Crippen molar-refractivity contribution in [1.29, 1.82) is 5.26 Å². The minimum atomic E-state index is 0.809. The maximum atomic E-state index is 9.06. The summed E-state index contributed by atoms with van der Waals surface area (Å²) < 4.78 is 5.32. The quantitative estimate of drug-likeness (QED) is 0.793. The van der Waals surface area contributed by atoms with Gasteiger partial charge in [-0.3, -0.25) is 4.90 Å². The summed E-state index contributed by atoms with van der Waals surface area (Å²) in [5.41, 5.74) is 3.20. The van der Waals surface area contributed by atoms with Gasteiger partial charge in [-0.05, 0) is 25.0 Å². The van der Waals surface area contributed by atoms with E-state index in [2.05, 4.69) is 24.0 Å². The zero-order valence-corrected chi connectivity index (χ0v) is 10.3. The van der Waals surface area contributed by atoms with E-state index in [-0.39, 0.29) is 0 Å². The molecule has 0 amide bonds. The van der Waals surface area contributed by atoms with E-state index in [1.807, 2.05) is 12.1 Å². The van der Waals surface area contributed by atoms with E-state index in [0.29, 0.717) is 0 Å². The van der Waals surface area contributed by atoms with Gasteiger partial charge in [0.15, 0.2) is 0 Å². The first-order valence-electron chi connectivity index (χ1n) is 6.09. The number of hydrogen-bond donors (Lipinski definition) is 0. The smallest absolute Gasteiger partial charge is 0.0994 e. The highest BCUT2D eigenvalue weighted by atomic mass is 16.5. The molecule has 1 fully saturated rings. The average Bonchev–Trinajstić information content (AvgIpc) is 2.38. The summed E-state index contributed by atoms with van der Waals surface area (Å²) in [6, 6.07) is 8.31. The number of benzene rings is 1. The van der Waals surface area contributed by atoms with Crippen molar-refractivity contribution in [2.45, 2.75) is 13.3 Å². The number of rotatable bonds is 3. The van der Waals surface area contributed by atoms with Gasteiger partial charge in [0, 0.05) is 19.6 Å². The Morgan fingerprint density at radius 1 is 1.35 bits per heavy atom. The van der Waals surface area contributed by atoms with Crippen molar-refractivity contribution >= 4 is 0 Å². The second-order valence-electron chi connectivity index (χ2n) is 4.48. The molecule has 1 aliphatic heterocycles. The molecule has 1 heterocycles. The molecule has 0 N–H and O–H groups in total. The molecule has 1 aromatic rings. The molecule has 0 radical (unpaired) electrons. The molecule has 0 aromatic heterocycles. The van der Waals surface area contributed by atoms with Gasteiger partial charge in [0.1, 0.15) is 0 Å². The van der Waals surface area contributed by atoms with Crippen molar-refractivity contribution in [3.63, 3.8) is 0 Å². The Hall–Kier alpha value is -1.37. The largest absolute Gasteiger partial charge is 0.379 e. The fraction of sp³-hybridized carbons (Fsp3) is 0.500. The molecule has 0 atom stereocenters. The Morgan fingerprint density at radius 2 is 2.12 bits per heavy atom. The SMILES string of the molecule is Cc1ccc(C#N)c(CCN2CCOCC2)c1. The first-order chi connectivity index (χ1) is 8.29. The van der Waals surface area contributed by atoms with Crippen LogP contribution in [0.15, 0.2) is 18.2 Å². The van der Waals surface area contributed by atoms with Crippen molar-refractivity contribution in [3.05, 3.63) is 34.9 Å². The Morgan fingerprint density at radius 3 is 2.82 bits per heavy atom. The van der Waals surface area contributed by atoms with E-state index in [9.17, 15) is 0 Å². The molecular weight excluding hydrogens is 212 g/mol. The summed E-state index contributed by atoms with van der Waals surface area (Å²) in [7, 11) is 0. The normalized spacial score (nSPS) is 16.7. The topological polar surface area (TPSA) is 36.3 Å². The first-order valence-corrected chi connectivity index (χ1v) is 6.09. The zero-order valence-electron chi connectivity index (χ0n) is 10.3. The van der Waals surface area contributed by atoms with Crippen LogP contribution in [0, 0.1) is 18.3 Å². The zero-order chi connectivity index (χ0) is 12.1. The van der Waals surface area contributed by atoms with E-state index in [0.717, 1.165) is 44.8 Å². The third-order valence-electron chi connectivity index (χ3n) is 3.18. The second kappa shape index (κ2) is 5.81. The molecule has 1 saturated heterocycles. The van der Waals surface area contributed by atoms with Crippen molar-refractivity contribution in [2.75, 3.05) is 32.8 Å². The monoisotopic (exact) mass is 230 g/mol.